The SMILES string of the molecule is CCN(Cc1cc(-c2cccs2)on1)CC(C)(C)CN. The first kappa shape index (κ1) is 15.2. The van der Waals surface area contributed by atoms with Gasteiger partial charge in [-0.15, -0.1) is 11.3 Å². The molecule has 4 nitrogen and oxygen atoms in total. The summed E-state index contributed by atoms with van der Waals surface area (Å²) in [5, 5.41) is 6.22. The number of nitrogens with two attached hydrogens (primary N) is 1. The van der Waals surface area contributed by atoms with Gasteiger partial charge in [0.15, 0.2) is 5.76 Å². The zero-order chi connectivity index (χ0) is 14.6. The molecule has 0 fully saturated rings. The molecule has 2 aromatic heterocycles. The predicted octanol–water partition coefficient (Wildman–Crippen LogP) is 3.21. The first-order valence-corrected chi connectivity index (χ1v) is 7.84. The number of thiophene rings is 1. The molecule has 0 aliphatic carbocycles. The Bertz CT molecular complexity index is 519. The van der Waals surface area contributed by atoms with E-state index in [0.29, 0.717) is 6.54 Å². The summed E-state index contributed by atoms with van der Waals surface area (Å²) in [5.74, 6) is 0.851. The van der Waals surface area contributed by atoms with E-state index in [1.54, 1.807) is 11.3 Å². The summed E-state index contributed by atoms with van der Waals surface area (Å²) in [7, 11) is 0. The van der Waals surface area contributed by atoms with Crippen LogP contribution in [0, 0.1) is 5.41 Å². The highest BCUT2D eigenvalue weighted by molar-refractivity contribution is 7.13. The lowest BCUT2D eigenvalue weighted by Gasteiger charge is -2.30. The van der Waals surface area contributed by atoms with Gasteiger partial charge < -0.3 is 10.3 Å². The summed E-state index contributed by atoms with van der Waals surface area (Å²) in [5.41, 5.74) is 6.91. The Labute approximate surface area is 124 Å². The van der Waals surface area contributed by atoms with E-state index in [1.807, 2.05) is 23.6 Å². The van der Waals surface area contributed by atoms with Crippen LogP contribution in [0.4, 0.5) is 0 Å². The summed E-state index contributed by atoms with van der Waals surface area (Å²) in [6.45, 7) is 9.96. The molecule has 2 rings (SSSR count). The van der Waals surface area contributed by atoms with Crippen LogP contribution in [0.2, 0.25) is 0 Å². The molecule has 0 aromatic carbocycles. The van der Waals surface area contributed by atoms with E-state index in [-0.39, 0.29) is 5.41 Å². The first-order chi connectivity index (χ1) is 9.54. The molecule has 0 aliphatic heterocycles. The number of nitrogens with zero attached hydrogens (tertiary/aromatic N) is 2. The van der Waals surface area contributed by atoms with Gasteiger partial charge in [-0.2, -0.15) is 0 Å². The topological polar surface area (TPSA) is 55.3 Å². The average molecular weight is 293 g/mol. The highest BCUT2D eigenvalue weighted by atomic mass is 32.1. The van der Waals surface area contributed by atoms with Crippen LogP contribution in [-0.4, -0.2) is 29.7 Å². The van der Waals surface area contributed by atoms with E-state index in [0.717, 1.165) is 36.0 Å². The van der Waals surface area contributed by atoms with Crippen LogP contribution in [0.3, 0.4) is 0 Å². The Hall–Kier alpha value is -1.17. The quantitative estimate of drug-likeness (QED) is 0.851. The minimum atomic E-state index is 0.121. The standard InChI is InChI=1S/C15H23N3OS/c1-4-18(11-15(2,3)10-16)9-12-8-13(19-17-12)14-6-5-7-20-14/h5-8H,4,9-11,16H2,1-3H3. The van der Waals surface area contributed by atoms with Gasteiger partial charge in [-0.1, -0.05) is 32.0 Å². The first-order valence-electron chi connectivity index (χ1n) is 6.96. The monoisotopic (exact) mass is 293 g/mol. The van der Waals surface area contributed by atoms with Gasteiger partial charge >= 0.3 is 0 Å². The lowest BCUT2D eigenvalue weighted by molar-refractivity contribution is 0.179. The van der Waals surface area contributed by atoms with Gasteiger partial charge in [0.1, 0.15) is 0 Å². The fourth-order valence-corrected chi connectivity index (χ4v) is 2.77. The molecule has 2 heterocycles. The van der Waals surface area contributed by atoms with Crippen molar-refractivity contribution in [1.82, 2.24) is 10.1 Å². The summed E-state index contributed by atoms with van der Waals surface area (Å²) < 4.78 is 5.42. The average Bonchev–Trinajstić information content (AvgIpc) is 3.08. The Balaban J connectivity index is 2.01. The van der Waals surface area contributed by atoms with Crippen molar-refractivity contribution in [2.75, 3.05) is 19.6 Å². The third-order valence-corrected chi connectivity index (χ3v) is 4.24. The fourth-order valence-electron chi connectivity index (χ4n) is 2.10. The number of hydrogen-bond acceptors (Lipinski definition) is 5. The van der Waals surface area contributed by atoms with E-state index in [2.05, 4.69) is 30.8 Å². The van der Waals surface area contributed by atoms with Crippen LogP contribution in [0.1, 0.15) is 26.5 Å². The van der Waals surface area contributed by atoms with Crippen molar-refractivity contribution in [3.8, 4) is 10.6 Å². The maximum absolute atomic E-state index is 5.81. The van der Waals surface area contributed by atoms with Crippen LogP contribution in [0.25, 0.3) is 10.6 Å². The fraction of sp³-hybridized carbons (Fsp3) is 0.533. The minimum Gasteiger partial charge on any atom is -0.355 e. The molecule has 0 radical (unpaired) electrons. The van der Waals surface area contributed by atoms with Gasteiger partial charge in [-0.05, 0) is 30.0 Å². The van der Waals surface area contributed by atoms with Gasteiger partial charge in [0, 0.05) is 19.2 Å². The minimum absolute atomic E-state index is 0.121. The predicted molar refractivity (Wildman–Crippen MR) is 83.6 cm³/mol. The molecule has 2 aromatic rings. The smallest absolute Gasteiger partial charge is 0.177 e. The molecule has 0 spiro atoms. The Morgan fingerprint density at radius 1 is 1.45 bits per heavy atom. The second-order valence-corrected chi connectivity index (χ2v) is 6.78. The molecule has 0 saturated carbocycles. The van der Waals surface area contributed by atoms with Gasteiger partial charge in [0.25, 0.3) is 0 Å². The molecular weight excluding hydrogens is 270 g/mol. The van der Waals surface area contributed by atoms with Crippen LogP contribution in [0.5, 0.6) is 0 Å². The molecule has 0 atom stereocenters. The van der Waals surface area contributed by atoms with Crippen LogP contribution in [-0.2, 0) is 6.54 Å². The molecule has 0 saturated heterocycles. The number of aromatic nitrogens is 1. The third-order valence-electron chi connectivity index (χ3n) is 3.36. The van der Waals surface area contributed by atoms with Crippen molar-refractivity contribution in [3.05, 3.63) is 29.3 Å². The van der Waals surface area contributed by atoms with Crippen LogP contribution >= 0.6 is 11.3 Å². The molecule has 2 N–H and O–H groups in total. The molecule has 0 bridgehead atoms. The molecule has 110 valence electrons. The van der Waals surface area contributed by atoms with E-state index < -0.39 is 0 Å². The van der Waals surface area contributed by atoms with E-state index in [4.69, 9.17) is 10.3 Å². The molecule has 0 amide bonds. The van der Waals surface area contributed by atoms with E-state index in [1.165, 1.54) is 0 Å². The lowest BCUT2D eigenvalue weighted by atomic mass is 9.93. The number of hydrogen-bond donors (Lipinski definition) is 1. The molecule has 5 heteroatoms. The highest BCUT2D eigenvalue weighted by Gasteiger charge is 2.20. The van der Waals surface area contributed by atoms with Gasteiger partial charge in [0.2, 0.25) is 0 Å². The molecule has 20 heavy (non-hydrogen) atoms. The normalized spacial score (nSPS) is 12.2. The third kappa shape index (κ3) is 3.91. The second-order valence-electron chi connectivity index (χ2n) is 5.83. The molecule has 0 unspecified atom stereocenters. The highest BCUT2D eigenvalue weighted by Crippen LogP contribution is 2.26. The van der Waals surface area contributed by atoms with E-state index in [9.17, 15) is 0 Å². The summed E-state index contributed by atoms with van der Waals surface area (Å²) in [4.78, 5) is 3.47. The zero-order valence-electron chi connectivity index (χ0n) is 12.4. The maximum atomic E-state index is 5.81. The largest absolute Gasteiger partial charge is 0.355 e. The van der Waals surface area contributed by atoms with Crippen LogP contribution in [0.15, 0.2) is 28.1 Å². The van der Waals surface area contributed by atoms with Crippen molar-refractivity contribution in [2.45, 2.75) is 27.3 Å². The van der Waals surface area contributed by atoms with Crippen molar-refractivity contribution >= 4 is 11.3 Å². The van der Waals surface area contributed by atoms with Crippen molar-refractivity contribution < 1.29 is 4.52 Å². The Kier molecular flexibility index (Phi) is 4.96. The van der Waals surface area contributed by atoms with Crippen molar-refractivity contribution in [3.63, 3.8) is 0 Å². The van der Waals surface area contributed by atoms with E-state index >= 15 is 0 Å². The summed E-state index contributed by atoms with van der Waals surface area (Å²) in [6, 6.07) is 6.10. The Morgan fingerprint density at radius 3 is 2.85 bits per heavy atom. The van der Waals surface area contributed by atoms with Crippen molar-refractivity contribution in [2.24, 2.45) is 11.1 Å². The van der Waals surface area contributed by atoms with Gasteiger partial charge in [0.05, 0.1) is 10.6 Å². The summed E-state index contributed by atoms with van der Waals surface area (Å²) in [6.07, 6.45) is 0. The maximum Gasteiger partial charge on any atom is 0.177 e. The molecule has 0 aliphatic rings. The van der Waals surface area contributed by atoms with Gasteiger partial charge in [-0.25, -0.2) is 0 Å². The lowest BCUT2D eigenvalue weighted by Crippen LogP contribution is -2.38. The Morgan fingerprint density at radius 2 is 2.25 bits per heavy atom. The molecular formula is C15H23N3OS. The zero-order valence-corrected chi connectivity index (χ0v) is 13.2. The van der Waals surface area contributed by atoms with Crippen molar-refractivity contribution in [1.29, 1.82) is 0 Å². The summed E-state index contributed by atoms with van der Waals surface area (Å²) >= 11 is 1.66. The number of rotatable bonds is 7. The van der Waals surface area contributed by atoms with Gasteiger partial charge in [-0.3, -0.25) is 4.90 Å². The second kappa shape index (κ2) is 6.52. The van der Waals surface area contributed by atoms with Crippen LogP contribution < -0.4 is 5.73 Å².